The first kappa shape index (κ1) is 13.3. The summed E-state index contributed by atoms with van der Waals surface area (Å²) >= 11 is 11.3. The Labute approximate surface area is 106 Å². The highest BCUT2D eigenvalue weighted by Crippen LogP contribution is 2.03. The van der Waals surface area contributed by atoms with Gasteiger partial charge in [0.1, 0.15) is 0 Å². The van der Waals surface area contributed by atoms with Gasteiger partial charge in [-0.1, -0.05) is 30.3 Å². The number of hydrogen-bond acceptors (Lipinski definition) is 1. The molecule has 1 rings (SSSR count). The molecule has 0 N–H and O–H groups in total. The highest BCUT2D eigenvalue weighted by molar-refractivity contribution is 6.18. The summed E-state index contributed by atoms with van der Waals surface area (Å²) < 4.78 is 0. The number of amides is 1. The number of nitrogens with zero attached hydrogens (tertiary/aromatic N) is 1. The molecule has 0 unspecified atom stereocenters. The molecule has 1 aromatic carbocycles. The first-order chi connectivity index (χ1) is 7.77. The van der Waals surface area contributed by atoms with E-state index in [1.165, 1.54) is 0 Å². The van der Waals surface area contributed by atoms with Crippen molar-refractivity contribution in [3.05, 3.63) is 35.9 Å². The first-order valence-electron chi connectivity index (χ1n) is 5.21. The molecule has 0 bridgehead atoms. The van der Waals surface area contributed by atoms with Crippen molar-refractivity contribution < 1.29 is 4.79 Å². The van der Waals surface area contributed by atoms with E-state index in [4.69, 9.17) is 23.2 Å². The minimum Gasteiger partial charge on any atom is -0.340 e. The van der Waals surface area contributed by atoms with Gasteiger partial charge in [-0.2, -0.15) is 0 Å². The molecule has 0 spiro atoms. The summed E-state index contributed by atoms with van der Waals surface area (Å²) in [5.41, 5.74) is 1.02. The van der Waals surface area contributed by atoms with Gasteiger partial charge < -0.3 is 4.90 Å². The zero-order chi connectivity index (χ0) is 11.8. The van der Waals surface area contributed by atoms with Crippen LogP contribution in [0.3, 0.4) is 0 Å². The summed E-state index contributed by atoms with van der Waals surface area (Å²) in [5.74, 6) is 0.960. The second kappa shape index (κ2) is 7.53. The van der Waals surface area contributed by atoms with Gasteiger partial charge in [-0.05, 0) is 5.56 Å². The minimum absolute atomic E-state index is 0.0764. The van der Waals surface area contributed by atoms with Crippen LogP contribution in [0.25, 0.3) is 0 Å². The maximum atomic E-state index is 11.9. The van der Waals surface area contributed by atoms with Crippen molar-refractivity contribution in [3.8, 4) is 0 Å². The fraction of sp³-hybridized carbons (Fsp3) is 0.417. The Morgan fingerprint density at radius 3 is 2.12 bits per heavy atom. The Balaban J connectivity index is 2.55. The highest BCUT2D eigenvalue weighted by Gasteiger charge is 2.12. The topological polar surface area (TPSA) is 20.3 Å². The van der Waals surface area contributed by atoms with Crippen LogP contribution < -0.4 is 0 Å². The number of hydrogen-bond donors (Lipinski definition) is 0. The van der Waals surface area contributed by atoms with E-state index in [-0.39, 0.29) is 5.91 Å². The van der Waals surface area contributed by atoms with Crippen molar-refractivity contribution in [2.24, 2.45) is 0 Å². The summed E-state index contributed by atoms with van der Waals surface area (Å²) in [7, 11) is 0. The standard InChI is InChI=1S/C12H15Cl2NO/c13-6-8-15(9-7-14)12(16)10-11-4-2-1-3-5-11/h1-5H,6-10H2. The predicted molar refractivity (Wildman–Crippen MR) is 68.2 cm³/mol. The Bertz CT molecular complexity index is 310. The smallest absolute Gasteiger partial charge is 0.227 e. The van der Waals surface area contributed by atoms with Crippen molar-refractivity contribution in [3.63, 3.8) is 0 Å². The first-order valence-corrected chi connectivity index (χ1v) is 6.28. The van der Waals surface area contributed by atoms with Crippen LogP contribution in [0.5, 0.6) is 0 Å². The van der Waals surface area contributed by atoms with Crippen LogP contribution in [0.2, 0.25) is 0 Å². The SMILES string of the molecule is O=C(Cc1ccccc1)N(CCCl)CCCl. The fourth-order valence-corrected chi connectivity index (χ4v) is 1.86. The van der Waals surface area contributed by atoms with Crippen molar-refractivity contribution in [1.29, 1.82) is 0 Å². The average molecular weight is 260 g/mol. The van der Waals surface area contributed by atoms with E-state index in [1.807, 2.05) is 30.3 Å². The molecule has 4 heteroatoms. The van der Waals surface area contributed by atoms with Crippen LogP contribution in [0.1, 0.15) is 5.56 Å². The quantitative estimate of drug-likeness (QED) is 0.720. The molecule has 0 heterocycles. The van der Waals surface area contributed by atoms with Gasteiger partial charge in [0, 0.05) is 24.8 Å². The van der Waals surface area contributed by atoms with E-state index in [0.29, 0.717) is 31.3 Å². The lowest BCUT2D eigenvalue weighted by atomic mass is 10.1. The van der Waals surface area contributed by atoms with E-state index in [1.54, 1.807) is 4.90 Å². The molecule has 0 saturated carbocycles. The number of carbonyl (C=O) groups is 1. The van der Waals surface area contributed by atoms with Gasteiger partial charge in [-0.15, -0.1) is 23.2 Å². The Morgan fingerprint density at radius 2 is 1.62 bits per heavy atom. The zero-order valence-electron chi connectivity index (χ0n) is 9.03. The number of rotatable bonds is 6. The second-order valence-electron chi connectivity index (χ2n) is 3.42. The molecule has 0 aliphatic heterocycles. The van der Waals surface area contributed by atoms with E-state index in [9.17, 15) is 4.79 Å². The molecule has 1 amide bonds. The number of benzene rings is 1. The molecule has 0 radical (unpaired) electrons. The molecular weight excluding hydrogens is 245 g/mol. The summed E-state index contributed by atoms with van der Waals surface area (Å²) in [6.07, 6.45) is 0.411. The second-order valence-corrected chi connectivity index (χ2v) is 4.18. The molecule has 2 nitrogen and oxygen atoms in total. The third-order valence-electron chi connectivity index (χ3n) is 2.26. The summed E-state index contributed by atoms with van der Waals surface area (Å²) in [6, 6.07) is 9.67. The summed E-state index contributed by atoms with van der Waals surface area (Å²) in [4.78, 5) is 13.6. The van der Waals surface area contributed by atoms with Crippen LogP contribution in [0.15, 0.2) is 30.3 Å². The van der Waals surface area contributed by atoms with Gasteiger partial charge in [0.15, 0.2) is 0 Å². The maximum Gasteiger partial charge on any atom is 0.227 e. The van der Waals surface area contributed by atoms with Crippen LogP contribution in [-0.2, 0) is 11.2 Å². The fourth-order valence-electron chi connectivity index (χ4n) is 1.45. The lowest BCUT2D eigenvalue weighted by Crippen LogP contribution is -2.35. The normalized spacial score (nSPS) is 10.1. The molecule has 0 fully saturated rings. The van der Waals surface area contributed by atoms with Crippen LogP contribution in [0.4, 0.5) is 0 Å². The van der Waals surface area contributed by atoms with Gasteiger partial charge in [0.2, 0.25) is 5.91 Å². The van der Waals surface area contributed by atoms with E-state index < -0.39 is 0 Å². The number of carbonyl (C=O) groups excluding carboxylic acids is 1. The van der Waals surface area contributed by atoms with E-state index in [0.717, 1.165) is 5.56 Å². The Morgan fingerprint density at radius 1 is 1.06 bits per heavy atom. The van der Waals surface area contributed by atoms with Crippen molar-refractivity contribution >= 4 is 29.1 Å². The zero-order valence-corrected chi connectivity index (χ0v) is 10.5. The largest absolute Gasteiger partial charge is 0.340 e. The lowest BCUT2D eigenvalue weighted by Gasteiger charge is -2.20. The molecule has 1 aromatic rings. The highest BCUT2D eigenvalue weighted by atomic mass is 35.5. The summed E-state index contributed by atoms with van der Waals surface area (Å²) in [5, 5.41) is 0. The van der Waals surface area contributed by atoms with E-state index >= 15 is 0 Å². The van der Waals surface area contributed by atoms with Gasteiger partial charge in [0.05, 0.1) is 6.42 Å². The minimum atomic E-state index is 0.0764. The third kappa shape index (κ3) is 4.42. The van der Waals surface area contributed by atoms with Crippen LogP contribution in [-0.4, -0.2) is 35.7 Å². The van der Waals surface area contributed by atoms with Gasteiger partial charge in [-0.25, -0.2) is 0 Å². The summed E-state index contributed by atoms with van der Waals surface area (Å²) in [6.45, 7) is 1.11. The average Bonchev–Trinajstić information content (AvgIpc) is 2.30. The van der Waals surface area contributed by atoms with Crippen LogP contribution in [0, 0.1) is 0 Å². The predicted octanol–water partition coefficient (Wildman–Crippen LogP) is 2.54. The van der Waals surface area contributed by atoms with Crippen LogP contribution >= 0.6 is 23.2 Å². The van der Waals surface area contributed by atoms with Crippen molar-refractivity contribution in [1.82, 2.24) is 4.90 Å². The molecule has 0 atom stereocenters. The third-order valence-corrected chi connectivity index (χ3v) is 2.60. The Hall–Kier alpha value is -0.730. The lowest BCUT2D eigenvalue weighted by molar-refractivity contribution is -0.130. The molecule has 0 aromatic heterocycles. The Kier molecular flexibility index (Phi) is 6.27. The maximum absolute atomic E-state index is 11.9. The monoisotopic (exact) mass is 259 g/mol. The van der Waals surface area contributed by atoms with Gasteiger partial charge in [-0.3, -0.25) is 4.79 Å². The number of halogens is 2. The van der Waals surface area contributed by atoms with E-state index in [2.05, 4.69) is 0 Å². The number of alkyl halides is 2. The molecular formula is C12H15Cl2NO. The van der Waals surface area contributed by atoms with Gasteiger partial charge >= 0.3 is 0 Å². The van der Waals surface area contributed by atoms with Crippen molar-refractivity contribution in [2.45, 2.75) is 6.42 Å². The molecule has 16 heavy (non-hydrogen) atoms. The van der Waals surface area contributed by atoms with Crippen molar-refractivity contribution in [2.75, 3.05) is 24.8 Å². The van der Waals surface area contributed by atoms with Gasteiger partial charge in [0.25, 0.3) is 0 Å². The molecule has 0 aliphatic carbocycles. The molecule has 0 saturated heterocycles. The molecule has 0 aliphatic rings. The molecule has 88 valence electrons.